The molecule has 0 atom stereocenters. The number of anilines is 1. The van der Waals surface area contributed by atoms with E-state index in [0.29, 0.717) is 17.9 Å². The summed E-state index contributed by atoms with van der Waals surface area (Å²) in [6, 6.07) is 13.0. The summed E-state index contributed by atoms with van der Waals surface area (Å²) >= 11 is 5.87. The van der Waals surface area contributed by atoms with Gasteiger partial charge >= 0.3 is 5.97 Å². The van der Waals surface area contributed by atoms with Crippen LogP contribution >= 0.6 is 11.6 Å². The monoisotopic (exact) mass is 407 g/mol. The van der Waals surface area contributed by atoms with Gasteiger partial charge in [-0.05, 0) is 42.7 Å². The predicted molar refractivity (Wildman–Crippen MR) is 102 cm³/mol. The number of rotatable bonds is 6. The minimum absolute atomic E-state index is 0.00417. The van der Waals surface area contributed by atoms with E-state index in [-0.39, 0.29) is 10.6 Å². The van der Waals surface area contributed by atoms with E-state index in [4.69, 9.17) is 16.3 Å². The van der Waals surface area contributed by atoms with Crippen molar-refractivity contribution in [2.75, 3.05) is 18.2 Å². The van der Waals surface area contributed by atoms with E-state index in [9.17, 15) is 18.0 Å². The van der Waals surface area contributed by atoms with Gasteiger partial charge in [0, 0.05) is 11.3 Å². The quantitative estimate of drug-likeness (QED) is 0.743. The smallest absolute Gasteiger partial charge is 0.317 e. The fraction of sp³-hybridized carbons (Fsp3) is 0.263. The molecule has 1 N–H and O–H groups in total. The summed E-state index contributed by atoms with van der Waals surface area (Å²) in [7, 11) is -3.50. The number of carbonyl (C=O) groups is 2. The van der Waals surface area contributed by atoms with Crippen LogP contribution < -0.4 is 5.32 Å². The molecule has 2 aromatic rings. The highest BCUT2D eigenvalue weighted by Gasteiger charge is 2.52. The average Bonchev–Trinajstić information content (AvgIpc) is 3.42. The SMILES string of the molecule is CS(=O)(=O)c1ccccc1NC(=O)COC(=O)C1(c2ccc(Cl)cc2)CC1. The second-order valence-electron chi connectivity index (χ2n) is 6.48. The molecule has 1 aliphatic rings. The largest absolute Gasteiger partial charge is 0.455 e. The third kappa shape index (κ3) is 4.31. The molecule has 0 saturated heterocycles. The van der Waals surface area contributed by atoms with Gasteiger partial charge in [-0.15, -0.1) is 0 Å². The van der Waals surface area contributed by atoms with Crippen LogP contribution in [0.25, 0.3) is 0 Å². The maximum absolute atomic E-state index is 12.5. The zero-order chi connectivity index (χ0) is 19.7. The molecule has 0 bridgehead atoms. The Morgan fingerprint density at radius 1 is 1.11 bits per heavy atom. The molecule has 8 heteroatoms. The number of hydrogen-bond donors (Lipinski definition) is 1. The van der Waals surface area contributed by atoms with Crippen LogP contribution in [-0.4, -0.2) is 33.2 Å². The van der Waals surface area contributed by atoms with Crippen molar-refractivity contribution in [3.8, 4) is 0 Å². The van der Waals surface area contributed by atoms with Crippen molar-refractivity contribution in [3.63, 3.8) is 0 Å². The van der Waals surface area contributed by atoms with Gasteiger partial charge in [0.05, 0.1) is 16.0 Å². The number of ether oxygens (including phenoxy) is 1. The Morgan fingerprint density at radius 2 is 1.74 bits per heavy atom. The first-order valence-electron chi connectivity index (χ1n) is 8.25. The Hall–Kier alpha value is -2.38. The van der Waals surface area contributed by atoms with Crippen LogP contribution in [0.1, 0.15) is 18.4 Å². The minimum atomic E-state index is -3.50. The number of benzene rings is 2. The molecule has 0 aromatic heterocycles. The molecule has 1 aliphatic carbocycles. The Bertz CT molecular complexity index is 981. The zero-order valence-electron chi connectivity index (χ0n) is 14.6. The number of sulfone groups is 1. The molecule has 0 heterocycles. The lowest BCUT2D eigenvalue weighted by molar-refractivity contribution is -0.150. The second kappa shape index (κ2) is 7.32. The van der Waals surface area contributed by atoms with Gasteiger partial charge < -0.3 is 10.1 Å². The number of esters is 1. The third-order valence-electron chi connectivity index (χ3n) is 4.43. The number of hydrogen-bond acceptors (Lipinski definition) is 5. The van der Waals surface area contributed by atoms with Crippen LogP contribution in [0.5, 0.6) is 0 Å². The molecule has 0 spiro atoms. The van der Waals surface area contributed by atoms with Gasteiger partial charge in [-0.2, -0.15) is 0 Å². The molecule has 1 fully saturated rings. The molecule has 6 nitrogen and oxygen atoms in total. The molecule has 0 aliphatic heterocycles. The molecular formula is C19H18ClNO5S. The lowest BCUT2D eigenvalue weighted by Gasteiger charge is -2.15. The average molecular weight is 408 g/mol. The zero-order valence-corrected chi connectivity index (χ0v) is 16.1. The van der Waals surface area contributed by atoms with Crippen LogP contribution in [0.3, 0.4) is 0 Å². The maximum atomic E-state index is 12.5. The van der Waals surface area contributed by atoms with Gasteiger partial charge in [0.15, 0.2) is 16.4 Å². The highest BCUT2D eigenvalue weighted by molar-refractivity contribution is 7.90. The van der Waals surface area contributed by atoms with E-state index >= 15 is 0 Å². The molecule has 3 rings (SSSR count). The molecule has 0 radical (unpaired) electrons. The van der Waals surface area contributed by atoms with E-state index in [2.05, 4.69) is 5.32 Å². The van der Waals surface area contributed by atoms with E-state index in [1.54, 1.807) is 36.4 Å². The fourth-order valence-corrected chi connectivity index (χ4v) is 3.82. The highest BCUT2D eigenvalue weighted by atomic mass is 35.5. The summed E-state index contributed by atoms with van der Waals surface area (Å²) in [5.41, 5.74) is 0.231. The predicted octanol–water partition coefficient (Wildman–Crippen LogP) is 2.96. The standard InChI is InChI=1S/C19H18ClNO5S/c1-27(24,25)16-5-3-2-4-15(16)21-17(22)12-26-18(23)19(10-11-19)13-6-8-14(20)9-7-13/h2-9H,10-12H2,1H3,(H,21,22). The van der Waals surface area contributed by atoms with Crippen LogP contribution in [0.4, 0.5) is 5.69 Å². The van der Waals surface area contributed by atoms with Crippen molar-refractivity contribution >= 4 is 39.0 Å². The van der Waals surface area contributed by atoms with E-state index in [0.717, 1.165) is 11.8 Å². The Morgan fingerprint density at radius 3 is 2.33 bits per heavy atom. The Labute approximate surface area is 162 Å². The van der Waals surface area contributed by atoms with Crippen molar-refractivity contribution in [1.82, 2.24) is 0 Å². The number of carbonyl (C=O) groups excluding carboxylic acids is 2. The number of amides is 1. The summed E-state index contributed by atoms with van der Waals surface area (Å²) in [5, 5.41) is 3.05. The van der Waals surface area contributed by atoms with Gasteiger partial charge in [0.25, 0.3) is 5.91 Å². The molecule has 1 saturated carbocycles. The number of halogens is 1. The summed E-state index contributed by atoms with van der Waals surface area (Å²) in [6.45, 7) is -0.494. The first kappa shape index (κ1) is 19.4. The Kier molecular flexibility index (Phi) is 5.26. The van der Waals surface area contributed by atoms with Crippen molar-refractivity contribution in [2.45, 2.75) is 23.2 Å². The van der Waals surface area contributed by atoms with Crippen LogP contribution in [0.2, 0.25) is 5.02 Å². The number of para-hydroxylation sites is 1. The van der Waals surface area contributed by atoms with Crippen LogP contribution in [0.15, 0.2) is 53.4 Å². The second-order valence-corrected chi connectivity index (χ2v) is 8.90. The summed E-state index contributed by atoms with van der Waals surface area (Å²) in [6.07, 6.45) is 2.35. The van der Waals surface area contributed by atoms with Gasteiger partial charge in [-0.1, -0.05) is 35.9 Å². The molecule has 142 valence electrons. The Balaban J connectivity index is 1.63. The van der Waals surface area contributed by atoms with E-state index in [1.165, 1.54) is 12.1 Å². The molecule has 0 unspecified atom stereocenters. The van der Waals surface area contributed by atoms with Gasteiger partial charge in [-0.25, -0.2) is 8.42 Å². The first-order valence-corrected chi connectivity index (χ1v) is 10.5. The molecule has 1 amide bonds. The lowest BCUT2D eigenvalue weighted by atomic mass is 9.96. The molecule has 27 heavy (non-hydrogen) atoms. The van der Waals surface area contributed by atoms with E-state index < -0.39 is 33.7 Å². The first-order chi connectivity index (χ1) is 12.7. The highest BCUT2D eigenvalue weighted by Crippen LogP contribution is 2.49. The molecule has 2 aromatic carbocycles. The van der Waals surface area contributed by atoms with Gasteiger partial charge in [-0.3, -0.25) is 9.59 Å². The van der Waals surface area contributed by atoms with Crippen molar-refractivity contribution in [3.05, 3.63) is 59.1 Å². The van der Waals surface area contributed by atoms with Gasteiger partial charge in [0.1, 0.15) is 0 Å². The third-order valence-corrected chi connectivity index (χ3v) is 5.84. The topological polar surface area (TPSA) is 89.5 Å². The minimum Gasteiger partial charge on any atom is -0.455 e. The maximum Gasteiger partial charge on any atom is 0.317 e. The summed E-state index contributed by atoms with van der Waals surface area (Å²) < 4.78 is 28.7. The van der Waals surface area contributed by atoms with Crippen molar-refractivity contribution in [2.24, 2.45) is 0 Å². The van der Waals surface area contributed by atoms with Crippen LogP contribution in [0, 0.1) is 0 Å². The van der Waals surface area contributed by atoms with E-state index in [1.807, 2.05) is 0 Å². The number of nitrogens with one attached hydrogen (secondary N) is 1. The fourth-order valence-electron chi connectivity index (χ4n) is 2.85. The normalized spacial score (nSPS) is 15.0. The summed E-state index contributed by atoms with van der Waals surface area (Å²) in [4.78, 5) is 24.6. The molecular weight excluding hydrogens is 390 g/mol. The van der Waals surface area contributed by atoms with Gasteiger partial charge in [0.2, 0.25) is 0 Å². The lowest BCUT2D eigenvalue weighted by Crippen LogP contribution is -2.28. The summed E-state index contributed by atoms with van der Waals surface area (Å²) in [5.74, 6) is -1.08. The van der Waals surface area contributed by atoms with Crippen molar-refractivity contribution in [1.29, 1.82) is 0 Å². The van der Waals surface area contributed by atoms with Crippen molar-refractivity contribution < 1.29 is 22.7 Å². The van der Waals surface area contributed by atoms with Crippen LogP contribution in [-0.2, 0) is 29.6 Å².